The molecule has 0 saturated heterocycles. The Morgan fingerprint density at radius 3 is 2.58 bits per heavy atom. The van der Waals surface area contributed by atoms with E-state index in [4.69, 9.17) is 15.9 Å². The Labute approximate surface area is 75.9 Å². The van der Waals surface area contributed by atoms with Gasteiger partial charge in [-0.1, -0.05) is 6.92 Å². The average Bonchev–Trinajstić information content (AvgIpc) is 2.02. The van der Waals surface area contributed by atoms with E-state index in [1.165, 1.54) is 6.92 Å². The zero-order valence-electron chi connectivity index (χ0n) is 6.73. The van der Waals surface area contributed by atoms with Gasteiger partial charge in [-0.05, 0) is 0 Å². The predicted octanol–water partition coefficient (Wildman–Crippen LogP) is -1.16. The number of esters is 1. The van der Waals surface area contributed by atoms with Crippen molar-refractivity contribution in [2.45, 2.75) is 25.4 Å². The molecule has 0 aliphatic carbocycles. The molecule has 0 unspecified atom stereocenters. The fourth-order valence-corrected chi connectivity index (χ4v) is 0.533. The van der Waals surface area contributed by atoms with Gasteiger partial charge in [-0.3, -0.25) is 4.79 Å². The number of hydrogen-bond acceptors (Lipinski definition) is 6. The molecule has 0 aromatic rings. The molecule has 72 valence electrons. The Balaban J connectivity index is 4.00. The maximum atomic E-state index is 10.8. The molecule has 4 N–H and O–H groups in total. The molecule has 0 saturated carbocycles. The summed E-state index contributed by atoms with van der Waals surface area (Å²) in [5.41, 5.74) is 5.21. The topological polar surface area (TPSA) is 92.8 Å². The van der Waals surface area contributed by atoms with E-state index >= 15 is 0 Å². The van der Waals surface area contributed by atoms with E-state index < -0.39 is 18.0 Å². The molecule has 0 aliphatic rings. The first-order valence-corrected chi connectivity index (χ1v) is 4.10. The molecular weight excluding hydrogens is 182 g/mol. The second-order valence-corrected chi connectivity index (χ2v) is 2.67. The van der Waals surface area contributed by atoms with Crippen molar-refractivity contribution in [1.82, 2.24) is 0 Å². The van der Waals surface area contributed by atoms with Crippen LogP contribution >= 0.6 is 12.6 Å². The molecule has 0 amide bonds. The summed E-state index contributed by atoms with van der Waals surface area (Å²) in [7, 11) is 0. The highest BCUT2D eigenvalue weighted by molar-refractivity contribution is 7.80. The van der Waals surface area contributed by atoms with Gasteiger partial charge >= 0.3 is 11.9 Å². The highest BCUT2D eigenvalue weighted by Crippen LogP contribution is 2.07. The molecule has 0 aliphatic heterocycles. The molecule has 12 heavy (non-hydrogen) atoms. The lowest BCUT2D eigenvalue weighted by molar-refractivity contribution is -0.320. The van der Waals surface area contributed by atoms with Crippen LogP contribution in [-0.4, -0.2) is 34.0 Å². The fraction of sp³-hybridized carbons (Fsp3) is 0.833. The smallest absolute Gasteiger partial charge is 0.328 e. The number of carbonyl (C=O) groups excluding carboxylic acids is 1. The molecule has 6 heteroatoms. The van der Waals surface area contributed by atoms with Gasteiger partial charge in [0.15, 0.2) is 0 Å². The van der Waals surface area contributed by atoms with Crippen molar-refractivity contribution in [3.8, 4) is 0 Å². The van der Waals surface area contributed by atoms with Crippen LogP contribution in [0.5, 0.6) is 0 Å². The van der Waals surface area contributed by atoms with Crippen LogP contribution in [0, 0.1) is 0 Å². The second kappa shape index (κ2) is 4.66. The highest BCUT2D eigenvalue weighted by Gasteiger charge is 2.28. The van der Waals surface area contributed by atoms with Gasteiger partial charge in [0, 0.05) is 12.2 Å². The molecule has 0 spiro atoms. The van der Waals surface area contributed by atoms with Crippen molar-refractivity contribution < 1.29 is 19.7 Å². The lowest BCUT2D eigenvalue weighted by Crippen LogP contribution is -2.42. The molecule has 0 aromatic carbocycles. The van der Waals surface area contributed by atoms with E-state index in [9.17, 15) is 4.79 Å². The Morgan fingerprint density at radius 2 is 2.25 bits per heavy atom. The van der Waals surface area contributed by atoms with Gasteiger partial charge in [0.2, 0.25) is 0 Å². The van der Waals surface area contributed by atoms with E-state index in [-0.39, 0.29) is 12.2 Å². The number of ether oxygens (including phenoxy) is 1. The quantitative estimate of drug-likeness (QED) is 0.258. The van der Waals surface area contributed by atoms with Crippen LogP contribution in [0.2, 0.25) is 0 Å². The third kappa shape index (κ3) is 3.91. The summed E-state index contributed by atoms with van der Waals surface area (Å²) in [5.74, 6) is -3.20. The van der Waals surface area contributed by atoms with Gasteiger partial charge in [0.25, 0.3) is 0 Å². The molecular formula is C6H13NO4S. The van der Waals surface area contributed by atoms with Crippen LogP contribution < -0.4 is 5.73 Å². The van der Waals surface area contributed by atoms with Crippen molar-refractivity contribution in [2.24, 2.45) is 5.73 Å². The maximum Gasteiger partial charge on any atom is 0.328 e. The van der Waals surface area contributed by atoms with Crippen molar-refractivity contribution >= 4 is 18.6 Å². The zero-order valence-corrected chi connectivity index (χ0v) is 7.62. The first-order valence-electron chi connectivity index (χ1n) is 3.47. The third-order valence-electron chi connectivity index (χ3n) is 1.22. The lowest BCUT2D eigenvalue weighted by Gasteiger charge is -2.20. The molecule has 5 nitrogen and oxygen atoms in total. The van der Waals surface area contributed by atoms with Gasteiger partial charge in [0.05, 0.1) is 0 Å². The highest BCUT2D eigenvalue weighted by atomic mass is 32.1. The summed E-state index contributed by atoms with van der Waals surface area (Å²) in [5, 5.41) is 17.7. The third-order valence-corrected chi connectivity index (χ3v) is 1.62. The van der Waals surface area contributed by atoms with Crippen LogP contribution in [0.3, 0.4) is 0 Å². The zero-order chi connectivity index (χ0) is 9.78. The van der Waals surface area contributed by atoms with E-state index in [1.807, 2.05) is 0 Å². The van der Waals surface area contributed by atoms with Gasteiger partial charge in [-0.2, -0.15) is 12.6 Å². The van der Waals surface area contributed by atoms with Gasteiger partial charge in [0.1, 0.15) is 6.04 Å². The Bertz CT molecular complexity index is 162. The second-order valence-electron chi connectivity index (χ2n) is 2.31. The van der Waals surface area contributed by atoms with Crippen LogP contribution in [0.25, 0.3) is 0 Å². The minimum Gasteiger partial charge on any atom is -0.407 e. The molecule has 0 fully saturated rings. The van der Waals surface area contributed by atoms with Crippen molar-refractivity contribution in [3.63, 3.8) is 0 Å². The summed E-state index contributed by atoms with van der Waals surface area (Å²) >= 11 is 3.74. The van der Waals surface area contributed by atoms with Crippen LogP contribution in [0.4, 0.5) is 0 Å². The molecule has 0 heterocycles. The molecule has 0 bridgehead atoms. The maximum absolute atomic E-state index is 10.8. The molecule has 0 aromatic heterocycles. The standard InChI is InChI=1S/C6H13NO4S/c1-2-6(9,10)11-5(8)4(7)3-12/h4,9-10,12H,2-3,7H2,1H3/t4-/m0/s1. The summed E-state index contributed by atoms with van der Waals surface area (Å²) in [4.78, 5) is 10.8. The van der Waals surface area contributed by atoms with Crippen molar-refractivity contribution in [1.29, 1.82) is 0 Å². The first-order chi connectivity index (χ1) is 5.43. The van der Waals surface area contributed by atoms with Gasteiger partial charge < -0.3 is 20.7 Å². The monoisotopic (exact) mass is 195 g/mol. The van der Waals surface area contributed by atoms with Crippen LogP contribution in [0.15, 0.2) is 0 Å². The first kappa shape index (κ1) is 11.7. The Kier molecular flexibility index (Phi) is 4.54. The normalized spacial score (nSPS) is 14.1. The van der Waals surface area contributed by atoms with Gasteiger partial charge in [-0.15, -0.1) is 0 Å². The van der Waals surface area contributed by atoms with Gasteiger partial charge in [-0.25, -0.2) is 0 Å². The summed E-state index contributed by atoms with van der Waals surface area (Å²) in [6.45, 7) is 1.46. The minimum absolute atomic E-state index is 0.0959. The number of thiol groups is 1. The number of aliphatic hydroxyl groups is 2. The largest absolute Gasteiger partial charge is 0.407 e. The fourth-order valence-electron chi connectivity index (χ4n) is 0.383. The SMILES string of the molecule is CCC(O)(O)OC(=O)[C@@H](N)CS. The minimum atomic E-state index is -2.42. The van der Waals surface area contributed by atoms with E-state index in [0.717, 1.165) is 0 Å². The van der Waals surface area contributed by atoms with Crippen molar-refractivity contribution in [2.75, 3.05) is 5.75 Å². The Morgan fingerprint density at radius 1 is 1.75 bits per heavy atom. The number of nitrogens with two attached hydrogens (primary N) is 1. The number of rotatable bonds is 4. The molecule has 1 atom stereocenters. The number of carbonyl (C=O) groups is 1. The number of hydrogen-bond donors (Lipinski definition) is 4. The molecule has 0 rings (SSSR count). The summed E-state index contributed by atoms with van der Waals surface area (Å²) in [6, 6.07) is -0.932. The summed E-state index contributed by atoms with van der Waals surface area (Å²) < 4.78 is 4.24. The molecule has 0 radical (unpaired) electrons. The lowest BCUT2D eigenvalue weighted by atomic mass is 10.3. The predicted molar refractivity (Wildman–Crippen MR) is 45.4 cm³/mol. The summed E-state index contributed by atoms with van der Waals surface area (Å²) in [6.07, 6.45) is -0.113. The van der Waals surface area contributed by atoms with E-state index in [1.54, 1.807) is 0 Å². The van der Waals surface area contributed by atoms with E-state index in [2.05, 4.69) is 17.4 Å². The van der Waals surface area contributed by atoms with Crippen LogP contribution in [-0.2, 0) is 9.53 Å². The van der Waals surface area contributed by atoms with E-state index in [0.29, 0.717) is 0 Å². The Hall–Kier alpha value is -0.300. The van der Waals surface area contributed by atoms with Crippen LogP contribution in [0.1, 0.15) is 13.3 Å². The van der Waals surface area contributed by atoms with Crippen molar-refractivity contribution in [3.05, 3.63) is 0 Å². The average molecular weight is 195 g/mol.